The fourth-order valence-corrected chi connectivity index (χ4v) is 1.68. The van der Waals surface area contributed by atoms with Crippen LogP contribution in [0.3, 0.4) is 0 Å². The van der Waals surface area contributed by atoms with Gasteiger partial charge in [-0.2, -0.15) is 0 Å². The maximum atomic E-state index is 11.3. The quantitative estimate of drug-likeness (QED) is 0.756. The predicted molar refractivity (Wildman–Crippen MR) is 67.6 cm³/mol. The molecule has 2 atom stereocenters. The lowest BCUT2D eigenvalue weighted by Crippen LogP contribution is -2.29. The summed E-state index contributed by atoms with van der Waals surface area (Å²) < 4.78 is 15.1. The zero-order valence-corrected chi connectivity index (χ0v) is 11.4. The first kappa shape index (κ1) is 14.7. The fourth-order valence-electron chi connectivity index (χ4n) is 1.68. The molecule has 5 nitrogen and oxygen atoms in total. The minimum atomic E-state index is -0.458. The summed E-state index contributed by atoms with van der Waals surface area (Å²) in [7, 11) is 3.02. The van der Waals surface area contributed by atoms with Crippen molar-refractivity contribution < 1.29 is 18.7 Å². The lowest BCUT2D eigenvalue weighted by Gasteiger charge is -2.18. The SMILES string of the molecule is COCCC(C)NC(C)c1ccc(C(=O)OC)o1. The van der Waals surface area contributed by atoms with E-state index in [0.717, 1.165) is 12.2 Å². The van der Waals surface area contributed by atoms with Crippen LogP contribution in [0.5, 0.6) is 0 Å². The van der Waals surface area contributed by atoms with E-state index < -0.39 is 5.97 Å². The Balaban J connectivity index is 2.53. The lowest BCUT2D eigenvalue weighted by molar-refractivity contribution is 0.0562. The average Bonchev–Trinajstić information content (AvgIpc) is 2.85. The first-order chi connectivity index (χ1) is 8.58. The van der Waals surface area contributed by atoms with Crippen LogP contribution in [0.2, 0.25) is 0 Å². The van der Waals surface area contributed by atoms with E-state index in [1.165, 1.54) is 7.11 Å². The molecule has 0 aliphatic carbocycles. The van der Waals surface area contributed by atoms with Crippen LogP contribution in [0, 0.1) is 0 Å². The van der Waals surface area contributed by atoms with Crippen LogP contribution in [0.1, 0.15) is 42.6 Å². The summed E-state index contributed by atoms with van der Waals surface area (Å²) >= 11 is 0. The molecular formula is C13H21NO4. The van der Waals surface area contributed by atoms with Crippen molar-refractivity contribution in [2.45, 2.75) is 32.4 Å². The molecule has 0 bridgehead atoms. The zero-order chi connectivity index (χ0) is 13.5. The van der Waals surface area contributed by atoms with E-state index in [0.29, 0.717) is 12.6 Å². The second kappa shape index (κ2) is 7.18. The van der Waals surface area contributed by atoms with Crippen molar-refractivity contribution in [3.8, 4) is 0 Å². The zero-order valence-electron chi connectivity index (χ0n) is 11.4. The van der Waals surface area contributed by atoms with Gasteiger partial charge in [0.25, 0.3) is 0 Å². The molecule has 0 saturated heterocycles. The Hall–Kier alpha value is -1.33. The van der Waals surface area contributed by atoms with Gasteiger partial charge in [0.15, 0.2) is 0 Å². The number of hydrogen-bond donors (Lipinski definition) is 1. The van der Waals surface area contributed by atoms with Gasteiger partial charge in [-0.3, -0.25) is 0 Å². The number of esters is 1. The second-order valence-corrected chi connectivity index (χ2v) is 4.26. The van der Waals surface area contributed by atoms with Crippen LogP contribution < -0.4 is 5.32 Å². The molecular weight excluding hydrogens is 234 g/mol. The van der Waals surface area contributed by atoms with Gasteiger partial charge in [0.2, 0.25) is 5.76 Å². The molecule has 0 aliphatic heterocycles. The van der Waals surface area contributed by atoms with Gasteiger partial charge in [0.1, 0.15) is 5.76 Å². The number of carbonyl (C=O) groups is 1. The Bertz CT molecular complexity index is 375. The number of methoxy groups -OCH3 is 2. The summed E-state index contributed by atoms with van der Waals surface area (Å²) in [6.07, 6.45) is 0.922. The highest BCUT2D eigenvalue weighted by molar-refractivity contribution is 5.86. The van der Waals surface area contributed by atoms with Gasteiger partial charge in [-0.05, 0) is 32.4 Å². The number of rotatable bonds is 7. The normalized spacial score (nSPS) is 14.2. The molecule has 1 aromatic rings. The predicted octanol–water partition coefficient (Wildman–Crippen LogP) is 2.14. The van der Waals surface area contributed by atoms with Gasteiger partial charge in [0, 0.05) is 19.8 Å². The summed E-state index contributed by atoms with van der Waals surface area (Å²) in [5.41, 5.74) is 0. The van der Waals surface area contributed by atoms with E-state index in [1.54, 1.807) is 19.2 Å². The van der Waals surface area contributed by atoms with Gasteiger partial charge >= 0.3 is 5.97 Å². The molecule has 2 unspecified atom stereocenters. The van der Waals surface area contributed by atoms with E-state index in [4.69, 9.17) is 9.15 Å². The number of hydrogen-bond acceptors (Lipinski definition) is 5. The monoisotopic (exact) mass is 255 g/mol. The molecule has 18 heavy (non-hydrogen) atoms. The van der Waals surface area contributed by atoms with E-state index in [-0.39, 0.29) is 11.8 Å². The third-order valence-corrected chi connectivity index (χ3v) is 2.73. The molecule has 0 saturated carbocycles. The van der Waals surface area contributed by atoms with Gasteiger partial charge in [0.05, 0.1) is 13.2 Å². The topological polar surface area (TPSA) is 60.7 Å². The molecule has 0 aliphatic rings. The largest absolute Gasteiger partial charge is 0.463 e. The van der Waals surface area contributed by atoms with E-state index in [1.807, 2.05) is 6.92 Å². The maximum Gasteiger partial charge on any atom is 0.373 e. The molecule has 0 radical (unpaired) electrons. The third kappa shape index (κ3) is 4.16. The third-order valence-electron chi connectivity index (χ3n) is 2.73. The molecule has 1 heterocycles. The van der Waals surface area contributed by atoms with Crippen LogP contribution in [-0.4, -0.2) is 32.8 Å². The van der Waals surface area contributed by atoms with E-state index >= 15 is 0 Å². The van der Waals surface area contributed by atoms with Gasteiger partial charge < -0.3 is 19.2 Å². The van der Waals surface area contributed by atoms with Crippen LogP contribution in [0.4, 0.5) is 0 Å². The smallest absolute Gasteiger partial charge is 0.373 e. The highest BCUT2D eigenvalue weighted by Gasteiger charge is 2.16. The van der Waals surface area contributed by atoms with Crippen LogP contribution in [0.15, 0.2) is 16.5 Å². The van der Waals surface area contributed by atoms with E-state index in [9.17, 15) is 4.79 Å². The van der Waals surface area contributed by atoms with E-state index in [2.05, 4.69) is 17.0 Å². The van der Waals surface area contributed by atoms with Crippen molar-refractivity contribution in [3.63, 3.8) is 0 Å². The average molecular weight is 255 g/mol. The van der Waals surface area contributed by atoms with Crippen LogP contribution in [0.25, 0.3) is 0 Å². The van der Waals surface area contributed by atoms with Gasteiger partial charge in [-0.25, -0.2) is 4.79 Å². The molecule has 5 heteroatoms. The first-order valence-corrected chi connectivity index (χ1v) is 6.01. The summed E-state index contributed by atoms with van der Waals surface area (Å²) in [6, 6.07) is 3.76. The molecule has 0 amide bonds. The maximum absolute atomic E-state index is 11.3. The van der Waals surface area contributed by atoms with Crippen molar-refractivity contribution in [2.75, 3.05) is 20.8 Å². The Kier molecular flexibility index (Phi) is 5.88. The van der Waals surface area contributed by atoms with Crippen molar-refractivity contribution in [3.05, 3.63) is 23.7 Å². The van der Waals surface area contributed by atoms with Crippen molar-refractivity contribution >= 4 is 5.97 Å². The minimum Gasteiger partial charge on any atom is -0.463 e. The van der Waals surface area contributed by atoms with Crippen molar-refractivity contribution in [2.24, 2.45) is 0 Å². The molecule has 0 fully saturated rings. The van der Waals surface area contributed by atoms with Crippen molar-refractivity contribution in [1.82, 2.24) is 5.32 Å². The molecule has 102 valence electrons. The van der Waals surface area contributed by atoms with Gasteiger partial charge in [-0.1, -0.05) is 0 Å². The fraction of sp³-hybridized carbons (Fsp3) is 0.615. The molecule has 0 spiro atoms. The van der Waals surface area contributed by atoms with Crippen molar-refractivity contribution in [1.29, 1.82) is 0 Å². The molecule has 1 N–H and O–H groups in total. The Morgan fingerprint density at radius 1 is 1.39 bits per heavy atom. The first-order valence-electron chi connectivity index (χ1n) is 6.01. The Morgan fingerprint density at radius 2 is 2.11 bits per heavy atom. The van der Waals surface area contributed by atoms with Gasteiger partial charge in [-0.15, -0.1) is 0 Å². The Labute approximate surface area is 107 Å². The number of ether oxygens (including phenoxy) is 2. The van der Waals surface area contributed by atoms with Crippen LogP contribution in [-0.2, 0) is 9.47 Å². The number of furan rings is 1. The lowest BCUT2D eigenvalue weighted by atomic mass is 10.2. The standard InChI is InChI=1S/C13H21NO4/c1-9(7-8-16-3)14-10(2)11-5-6-12(18-11)13(15)17-4/h5-6,9-10,14H,7-8H2,1-4H3. The highest BCUT2D eigenvalue weighted by atomic mass is 16.5. The minimum absolute atomic E-state index is 0.0373. The number of carbonyl (C=O) groups excluding carboxylic acids is 1. The summed E-state index contributed by atoms with van der Waals surface area (Å²) in [4.78, 5) is 11.3. The summed E-state index contributed by atoms with van der Waals surface area (Å²) in [6.45, 7) is 4.79. The number of nitrogens with one attached hydrogen (secondary N) is 1. The highest BCUT2D eigenvalue weighted by Crippen LogP contribution is 2.17. The Morgan fingerprint density at radius 3 is 2.72 bits per heavy atom. The molecule has 0 aromatic carbocycles. The van der Waals surface area contributed by atoms with Crippen LogP contribution >= 0.6 is 0 Å². The second-order valence-electron chi connectivity index (χ2n) is 4.26. The summed E-state index contributed by atoms with van der Waals surface area (Å²) in [5, 5.41) is 3.38. The molecule has 1 aromatic heterocycles. The molecule has 1 rings (SSSR count). The summed E-state index contributed by atoms with van der Waals surface area (Å²) in [5.74, 6) is 0.492.